The Balaban J connectivity index is 0.915. The summed E-state index contributed by atoms with van der Waals surface area (Å²) >= 11 is 0. The lowest BCUT2D eigenvalue weighted by molar-refractivity contribution is -0.148. The first-order valence-corrected chi connectivity index (χ1v) is 18.5. The van der Waals surface area contributed by atoms with Gasteiger partial charge in [-0.3, -0.25) is 4.79 Å². The first kappa shape index (κ1) is 37.7. The van der Waals surface area contributed by atoms with Gasteiger partial charge in [-0.25, -0.2) is 32.5 Å². The molecule has 0 radical (unpaired) electrons. The van der Waals surface area contributed by atoms with Crippen molar-refractivity contribution in [3.63, 3.8) is 0 Å². The molecule has 5 aromatic rings. The largest absolute Gasteiger partial charge is 0.493 e. The van der Waals surface area contributed by atoms with E-state index in [1.165, 1.54) is 34.0 Å². The Kier molecular flexibility index (Phi) is 11.2. The van der Waals surface area contributed by atoms with Gasteiger partial charge in [0.1, 0.15) is 48.1 Å². The van der Waals surface area contributed by atoms with Gasteiger partial charge < -0.3 is 29.7 Å². The third-order valence-corrected chi connectivity index (χ3v) is 10.4. The molecule has 290 valence electrons. The van der Waals surface area contributed by atoms with Gasteiger partial charge in [0.05, 0.1) is 38.0 Å². The van der Waals surface area contributed by atoms with Gasteiger partial charge in [0.2, 0.25) is 0 Å². The van der Waals surface area contributed by atoms with E-state index in [0.29, 0.717) is 31.7 Å². The zero-order valence-electron chi connectivity index (χ0n) is 30.8. The lowest BCUT2D eigenvalue weighted by atomic mass is 9.87. The maximum absolute atomic E-state index is 15.0. The van der Waals surface area contributed by atoms with Crippen LogP contribution in [0.5, 0.6) is 5.75 Å². The van der Waals surface area contributed by atoms with Crippen molar-refractivity contribution in [3.8, 4) is 11.4 Å². The molecule has 3 aromatic carbocycles. The predicted octanol–water partition coefficient (Wildman–Crippen LogP) is 4.08. The highest BCUT2D eigenvalue weighted by Gasteiger charge is 2.44. The maximum atomic E-state index is 15.0. The van der Waals surface area contributed by atoms with Crippen LogP contribution in [0.3, 0.4) is 0 Å². The molecule has 2 aromatic heterocycles. The van der Waals surface area contributed by atoms with E-state index >= 15 is 0 Å². The van der Waals surface area contributed by atoms with Crippen molar-refractivity contribution in [1.82, 2.24) is 29.1 Å². The third kappa shape index (κ3) is 8.24. The van der Waals surface area contributed by atoms with Crippen molar-refractivity contribution in [2.24, 2.45) is 11.7 Å². The van der Waals surface area contributed by atoms with Crippen LogP contribution in [-0.4, -0.2) is 87.1 Å². The van der Waals surface area contributed by atoms with Gasteiger partial charge in [-0.05, 0) is 74.4 Å². The van der Waals surface area contributed by atoms with E-state index in [1.807, 2.05) is 43.3 Å². The Morgan fingerprint density at radius 1 is 0.964 bits per heavy atom. The number of nitrogens with two attached hydrogens (primary N) is 1. The molecule has 14 nitrogen and oxygen atoms in total. The molecule has 16 heteroatoms. The first-order chi connectivity index (χ1) is 26.7. The van der Waals surface area contributed by atoms with E-state index in [0.717, 1.165) is 49.4 Å². The Hall–Kier alpha value is -5.61. The summed E-state index contributed by atoms with van der Waals surface area (Å²) in [6.45, 7) is 7.68. The van der Waals surface area contributed by atoms with Crippen molar-refractivity contribution in [2.75, 3.05) is 55.7 Å². The van der Waals surface area contributed by atoms with Crippen LogP contribution in [-0.2, 0) is 26.4 Å². The molecule has 2 aliphatic rings. The van der Waals surface area contributed by atoms with Crippen molar-refractivity contribution < 1.29 is 27.8 Å². The second kappa shape index (κ2) is 16.4. The molecule has 2 N–H and O–H groups in total. The van der Waals surface area contributed by atoms with Crippen LogP contribution >= 0.6 is 0 Å². The van der Waals surface area contributed by atoms with Crippen LogP contribution in [0.2, 0.25) is 0 Å². The summed E-state index contributed by atoms with van der Waals surface area (Å²) in [6.07, 6.45) is 4.91. The van der Waals surface area contributed by atoms with Crippen LogP contribution in [0, 0.1) is 17.6 Å². The van der Waals surface area contributed by atoms with Gasteiger partial charge >= 0.3 is 11.7 Å². The molecule has 0 aliphatic carbocycles. The van der Waals surface area contributed by atoms with Gasteiger partial charge in [0, 0.05) is 55.1 Å². The number of carbonyl (C=O) groups is 1. The van der Waals surface area contributed by atoms with Gasteiger partial charge in [0.15, 0.2) is 0 Å². The number of anilines is 2. The number of aromatic nitrogens is 6. The van der Waals surface area contributed by atoms with Gasteiger partial charge in [-0.1, -0.05) is 13.0 Å². The zero-order valence-corrected chi connectivity index (χ0v) is 30.8. The normalized spacial score (nSPS) is 19.7. The van der Waals surface area contributed by atoms with E-state index in [-0.39, 0.29) is 30.3 Å². The second-order valence-electron chi connectivity index (χ2n) is 14.0. The molecule has 7 rings (SSSR count). The summed E-state index contributed by atoms with van der Waals surface area (Å²) in [7, 11) is 0. The van der Waals surface area contributed by atoms with Crippen LogP contribution in [0.25, 0.3) is 5.69 Å². The van der Waals surface area contributed by atoms with Crippen molar-refractivity contribution in [1.29, 1.82) is 0 Å². The summed E-state index contributed by atoms with van der Waals surface area (Å²) in [5.74, 6) is -1.12. The van der Waals surface area contributed by atoms with E-state index in [4.69, 9.17) is 19.9 Å². The summed E-state index contributed by atoms with van der Waals surface area (Å²) < 4.78 is 51.0. The lowest BCUT2D eigenvalue weighted by Crippen LogP contribution is -2.46. The molecule has 0 saturated carbocycles. The average Bonchev–Trinajstić information content (AvgIpc) is 3.96. The van der Waals surface area contributed by atoms with E-state index in [9.17, 15) is 18.4 Å². The number of piperazine rings is 1. The Labute approximate surface area is 317 Å². The number of benzene rings is 3. The molecular formula is C39H45F2N9O5. The number of halogens is 2. The topological polar surface area (TPSA) is 148 Å². The van der Waals surface area contributed by atoms with Gasteiger partial charge in [-0.15, -0.1) is 0 Å². The van der Waals surface area contributed by atoms with Crippen LogP contribution in [0.15, 0.2) is 90.5 Å². The number of carbonyl (C=O) groups excluding carboxylic acids is 1. The van der Waals surface area contributed by atoms with Crippen molar-refractivity contribution in [3.05, 3.63) is 113 Å². The maximum Gasteiger partial charge on any atom is 0.350 e. The SMILES string of the molecule is CCC(C(C)OC(=O)CN)n1ncn(-c2ccc(N3CCN(c4ccc(OCC5COC(Cn6cncn6)(c6ccc(F)cc6F)C5)cc4)CC3)cc2)c1=O. The van der Waals surface area contributed by atoms with Crippen LogP contribution < -0.4 is 26.0 Å². The molecule has 4 heterocycles. The minimum absolute atomic E-state index is 0.0228. The lowest BCUT2D eigenvalue weighted by Gasteiger charge is -2.37. The Morgan fingerprint density at radius 3 is 2.25 bits per heavy atom. The Morgan fingerprint density at radius 2 is 1.64 bits per heavy atom. The highest BCUT2D eigenvalue weighted by atomic mass is 19.1. The number of hydrogen-bond acceptors (Lipinski definition) is 11. The summed E-state index contributed by atoms with van der Waals surface area (Å²) in [5.41, 5.74) is 7.18. The van der Waals surface area contributed by atoms with Crippen LogP contribution in [0.1, 0.15) is 38.3 Å². The number of hydrogen-bond donors (Lipinski definition) is 1. The number of rotatable bonds is 14. The Bertz CT molecular complexity index is 2100. The molecule has 2 fully saturated rings. The molecule has 0 amide bonds. The number of ether oxygens (including phenoxy) is 3. The zero-order chi connectivity index (χ0) is 38.5. The minimum atomic E-state index is -1.03. The van der Waals surface area contributed by atoms with Gasteiger partial charge in [0.25, 0.3) is 0 Å². The molecule has 4 unspecified atom stereocenters. The van der Waals surface area contributed by atoms with Crippen LogP contribution in [0.4, 0.5) is 20.2 Å². The molecule has 2 aliphatic heterocycles. The summed E-state index contributed by atoms with van der Waals surface area (Å²) in [5, 5.41) is 8.51. The fourth-order valence-corrected chi connectivity index (χ4v) is 7.56. The molecule has 0 bridgehead atoms. The number of esters is 1. The quantitative estimate of drug-likeness (QED) is 0.164. The number of nitrogens with zero attached hydrogens (tertiary/aromatic N) is 8. The standard InChI is InChI=1S/C39H45F2N9O5/c1-3-36(27(2)55-37(51)20-42)50-38(52)49(26-45-50)32-7-5-30(6-8-32)46-14-16-47(17-15-46)31-9-11-33(12-10-31)53-21-28-19-39(54-22-28,23-48-25-43-24-44-48)34-13-4-29(40)18-35(34)41/h4-13,18,24-28,36H,3,14-17,19-23,42H2,1-2H3. The fourth-order valence-electron chi connectivity index (χ4n) is 7.56. The molecule has 4 atom stereocenters. The van der Waals surface area contributed by atoms with E-state index < -0.39 is 35.4 Å². The van der Waals surface area contributed by atoms with Crippen molar-refractivity contribution >= 4 is 17.3 Å². The van der Waals surface area contributed by atoms with Gasteiger partial charge in [-0.2, -0.15) is 10.2 Å². The summed E-state index contributed by atoms with van der Waals surface area (Å²) in [4.78, 5) is 33.6. The fraction of sp³-hybridized carbons (Fsp3) is 0.410. The highest BCUT2D eigenvalue weighted by molar-refractivity contribution is 5.71. The van der Waals surface area contributed by atoms with E-state index in [1.54, 1.807) is 17.9 Å². The molecular weight excluding hydrogens is 712 g/mol. The molecule has 55 heavy (non-hydrogen) atoms. The van der Waals surface area contributed by atoms with E-state index in [2.05, 4.69) is 37.1 Å². The molecule has 2 saturated heterocycles. The monoisotopic (exact) mass is 757 g/mol. The van der Waals surface area contributed by atoms with Crippen molar-refractivity contribution in [2.45, 2.75) is 51.0 Å². The predicted molar refractivity (Wildman–Crippen MR) is 200 cm³/mol. The molecule has 0 spiro atoms. The smallest absolute Gasteiger partial charge is 0.350 e. The summed E-state index contributed by atoms with van der Waals surface area (Å²) in [6, 6.07) is 19.0. The third-order valence-electron chi connectivity index (χ3n) is 10.4. The first-order valence-electron chi connectivity index (χ1n) is 18.5. The average molecular weight is 758 g/mol. The highest BCUT2D eigenvalue weighted by Crippen LogP contribution is 2.42. The second-order valence-corrected chi connectivity index (χ2v) is 14.0. The minimum Gasteiger partial charge on any atom is -0.493 e.